The molecule has 0 radical (unpaired) electrons. The van der Waals surface area contributed by atoms with Crippen LogP contribution in [0.5, 0.6) is 0 Å². The molecule has 11 heteroatoms. The molecule has 9 nitrogen and oxygen atoms in total. The predicted octanol–water partition coefficient (Wildman–Crippen LogP) is 2.20. The highest BCUT2D eigenvalue weighted by atomic mass is 32.2. The summed E-state index contributed by atoms with van der Waals surface area (Å²) in [6.07, 6.45) is 1.90. The van der Waals surface area contributed by atoms with E-state index in [4.69, 9.17) is 5.73 Å². The molecule has 0 aliphatic heterocycles. The second-order valence-electron chi connectivity index (χ2n) is 7.02. The van der Waals surface area contributed by atoms with Crippen LogP contribution in [-0.4, -0.2) is 36.9 Å². The van der Waals surface area contributed by atoms with Gasteiger partial charge in [0.15, 0.2) is 0 Å². The number of amides is 1. The number of nitriles is 1. The molecule has 166 valence electrons. The van der Waals surface area contributed by atoms with Crippen molar-refractivity contribution >= 4 is 27.4 Å². The van der Waals surface area contributed by atoms with Crippen LogP contribution in [0.15, 0.2) is 48.5 Å². The summed E-state index contributed by atoms with van der Waals surface area (Å²) in [4.78, 5) is 12.4. The van der Waals surface area contributed by atoms with Crippen LogP contribution >= 0.6 is 0 Å². The van der Waals surface area contributed by atoms with Crippen LogP contribution in [0.25, 0.3) is 5.69 Å². The Morgan fingerprint density at radius 3 is 2.62 bits per heavy atom. The fourth-order valence-corrected chi connectivity index (χ4v) is 3.61. The van der Waals surface area contributed by atoms with Gasteiger partial charge >= 0.3 is 0 Å². The topological polar surface area (TPSA) is 143 Å². The number of halogens is 1. The van der Waals surface area contributed by atoms with Crippen molar-refractivity contribution in [3.05, 3.63) is 71.2 Å². The lowest BCUT2D eigenvalue weighted by Gasteiger charge is -2.08. The maximum absolute atomic E-state index is 13.2. The quantitative estimate of drug-likeness (QED) is 0.444. The van der Waals surface area contributed by atoms with Crippen LogP contribution in [0.3, 0.4) is 0 Å². The van der Waals surface area contributed by atoms with E-state index in [1.807, 2.05) is 6.07 Å². The molecule has 0 spiro atoms. The second kappa shape index (κ2) is 9.49. The SMILES string of the molecule is CS(=O)(=O)Nc1cccc(C(=O)NCCCc2nn(-c3ccc(F)cc3)c(N)c2C#N)c1. The summed E-state index contributed by atoms with van der Waals surface area (Å²) in [5.41, 5.74) is 7.88. The first-order valence-electron chi connectivity index (χ1n) is 9.57. The largest absolute Gasteiger partial charge is 0.382 e. The first-order chi connectivity index (χ1) is 15.2. The fraction of sp³-hybridized carbons (Fsp3) is 0.190. The van der Waals surface area contributed by atoms with Crippen LogP contribution in [0.1, 0.15) is 28.0 Å². The summed E-state index contributed by atoms with van der Waals surface area (Å²) in [6, 6.07) is 13.7. The lowest BCUT2D eigenvalue weighted by atomic mass is 10.1. The number of anilines is 2. The Balaban J connectivity index is 1.62. The maximum Gasteiger partial charge on any atom is 0.251 e. The lowest BCUT2D eigenvalue weighted by Crippen LogP contribution is -2.25. The average molecular weight is 457 g/mol. The van der Waals surface area contributed by atoms with Crippen molar-refractivity contribution in [3.63, 3.8) is 0 Å². The lowest BCUT2D eigenvalue weighted by molar-refractivity contribution is 0.0953. The van der Waals surface area contributed by atoms with Gasteiger partial charge in [0.05, 0.1) is 17.6 Å². The smallest absolute Gasteiger partial charge is 0.251 e. The molecule has 0 aliphatic carbocycles. The van der Waals surface area contributed by atoms with Crippen molar-refractivity contribution in [1.82, 2.24) is 15.1 Å². The minimum Gasteiger partial charge on any atom is -0.382 e. The number of hydrogen-bond donors (Lipinski definition) is 3. The van der Waals surface area contributed by atoms with Gasteiger partial charge in [-0.2, -0.15) is 10.4 Å². The highest BCUT2D eigenvalue weighted by Crippen LogP contribution is 2.21. The minimum atomic E-state index is -3.45. The third-order valence-corrected chi connectivity index (χ3v) is 5.09. The number of sulfonamides is 1. The molecule has 1 aromatic heterocycles. The van der Waals surface area contributed by atoms with E-state index in [1.54, 1.807) is 18.2 Å². The molecular formula is C21H21FN6O3S. The molecule has 0 saturated heterocycles. The van der Waals surface area contributed by atoms with Gasteiger partial charge in [-0.3, -0.25) is 9.52 Å². The van der Waals surface area contributed by atoms with E-state index in [-0.39, 0.29) is 17.3 Å². The Labute approximate surface area is 184 Å². The van der Waals surface area contributed by atoms with E-state index in [0.717, 1.165) is 6.26 Å². The van der Waals surface area contributed by atoms with Gasteiger partial charge in [-0.15, -0.1) is 0 Å². The monoisotopic (exact) mass is 456 g/mol. The molecule has 0 atom stereocenters. The number of aryl methyl sites for hydroxylation is 1. The van der Waals surface area contributed by atoms with Gasteiger partial charge in [-0.1, -0.05) is 6.07 Å². The van der Waals surface area contributed by atoms with Crippen molar-refractivity contribution < 1.29 is 17.6 Å². The van der Waals surface area contributed by atoms with Crippen molar-refractivity contribution in [3.8, 4) is 11.8 Å². The average Bonchev–Trinajstić information content (AvgIpc) is 3.05. The van der Waals surface area contributed by atoms with Gasteiger partial charge in [0.1, 0.15) is 23.3 Å². The Morgan fingerprint density at radius 2 is 1.97 bits per heavy atom. The first-order valence-corrected chi connectivity index (χ1v) is 11.5. The zero-order chi connectivity index (χ0) is 23.3. The maximum atomic E-state index is 13.2. The molecule has 3 rings (SSSR count). The van der Waals surface area contributed by atoms with Crippen molar-refractivity contribution in [1.29, 1.82) is 5.26 Å². The molecule has 0 fully saturated rings. The third-order valence-electron chi connectivity index (χ3n) is 4.48. The zero-order valence-electron chi connectivity index (χ0n) is 17.2. The number of nitrogens with one attached hydrogen (secondary N) is 2. The van der Waals surface area contributed by atoms with E-state index in [0.29, 0.717) is 42.0 Å². The van der Waals surface area contributed by atoms with Crippen LogP contribution in [0.2, 0.25) is 0 Å². The van der Waals surface area contributed by atoms with Gasteiger partial charge in [-0.05, 0) is 55.3 Å². The number of aromatic nitrogens is 2. The molecule has 1 heterocycles. The molecular weight excluding hydrogens is 435 g/mol. The number of hydrogen-bond acceptors (Lipinski definition) is 6. The molecule has 0 saturated carbocycles. The molecule has 4 N–H and O–H groups in total. The molecule has 0 bridgehead atoms. The summed E-state index contributed by atoms with van der Waals surface area (Å²) < 4.78 is 39.6. The molecule has 0 aliphatic rings. The van der Waals surface area contributed by atoms with Crippen LogP contribution in [-0.2, 0) is 16.4 Å². The van der Waals surface area contributed by atoms with E-state index in [2.05, 4.69) is 15.1 Å². The fourth-order valence-electron chi connectivity index (χ4n) is 3.05. The standard InChI is InChI=1S/C21H21FN6O3S/c1-32(30,31)27-16-5-2-4-14(12-16)21(29)25-11-3-6-19-18(13-23)20(24)28(26-19)17-9-7-15(22)8-10-17/h2,4-5,7-10,12,27H,3,6,11,24H2,1H3,(H,25,29). The summed E-state index contributed by atoms with van der Waals surface area (Å²) in [6.45, 7) is 0.302. The van der Waals surface area contributed by atoms with Gasteiger partial charge in [-0.25, -0.2) is 17.5 Å². The Bertz CT molecular complexity index is 1280. The summed E-state index contributed by atoms with van der Waals surface area (Å²) in [5.74, 6) is -0.596. The Morgan fingerprint density at radius 1 is 1.25 bits per heavy atom. The van der Waals surface area contributed by atoms with Gasteiger partial charge in [0.25, 0.3) is 5.91 Å². The Kier molecular flexibility index (Phi) is 6.75. The van der Waals surface area contributed by atoms with Crippen molar-refractivity contribution in [2.45, 2.75) is 12.8 Å². The van der Waals surface area contributed by atoms with E-state index in [1.165, 1.54) is 35.0 Å². The number of nitrogen functional groups attached to an aromatic ring is 1. The molecule has 1 amide bonds. The predicted molar refractivity (Wildman–Crippen MR) is 118 cm³/mol. The van der Waals surface area contributed by atoms with Gasteiger partial charge < -0.3 is 11.1 Å². The molecule has 0 unspecified atom stereocenters. The summed E-state index contributed by atoms with van der Waals surface area (Å²) >= 11 is 0. The van der Waals surface area contributed by atoms with E-state index < -0.39 is 15.8 Å². The number of nitrogens with zero attached hydrogens (tertiary/aromatic N) is 3. The number of rotatable bonds is 8. The molecule has 32 heavy (non-hydrogen) atoms. The van der Waals surface area contributed by atoms with Crippen LogP contribution in [0, 0.1) is 17.1 Å². The Hall–Kier alpha value is -3.91. The second-order valence-corrected chi connectivity index (χ2v) is 8.77. The minimum absolute atomic E-state index is 0.160. The van der Waals surface area contributed by atoms with Gasteiger partial charge in [0, 0.05) is 17.8 Å². The molecule has 3 aromatic rings. The van der Waals surface area contributed by atoms with Gasteiger partial charge in [0.2, 0.25) is 10.0 Å². The van der Waals surface area contributed by atoms with E-state index >= 15 is 0 Å². The first kappa shape index (κ1) is 22.8. The van der Waals surface area contributed by atoms with Crippen LogP contribution in [0.4, 0.5) is 15.9 Å². The number of nitrogens with two attached hydrogens (primary N) is 1. The number of benzene rings is 2. The zero-order valence-corrected chi connectivity index (χ0v) is 18.0. The highest BCUT2D eigenvalue weighted by molar-refractivity contribution is 7.92. The highest BCUT2D eigenvalue weighted by Gasteiger charge is 2.16. The summed E-state index contributed by atoms with van der Waals surface area (Å²) in [7, 11) is -3.45. The van der Waals surface area contributed by atoms with E-state index in [9.17, 15) is 22.9 Å². The number of carbonyl (C=O) groups is 1. The molecule has 2 aromatic carbocycles. The third kappa shape index (κ3) is 5.61. The number of carbonyl (C=O) groups excluding carboxylic acids is 1. The summed E-state index contributed by atoms with van der Waals surface area (Å²) in [5, 5.41) is 16.6. The van der Waals surface area contributed by atoms with Crippen molar-refractivity contribution in [2.75, 3.05) is 23.3 Å². The normalized spacial score (nSPS) is 11.0. The van der Waals surface area contributed by atoms with Crippen LogP contribution < -0.4 is 15.8 Å². The van der Waals surface area contributed by atoms with Crippen molar-refractivity contribution in [2.24, 2.45) is 0 Å².